The van der Waals surface area contributed by atoms with Gasteiger partial charge in [-0.1, -0.05) is 37.6 Å². The third kappa shape index (κ3) is 4.58. The van der Waals surface area contributed by atoms with Crippen LogP contribution in [0.5, 0.6) is 0 Å². The quantitative estimate of drug-likeness (QED) is 0.774. The first-order valence-electron chi connectivity index (χ1n) is 7.62. The van der Waals surface area contributed by atoms with Crippen molar-refractivity contribution in [2.75, 3.05) is 23.4 Å². The van der Waals surface area contributed by atoms with E-state index in [1.165, 1.54) is 6.20 Å². The minimum absolute atomic E-state index is 0.0998. The van der Waals surface area contributed by atoms with Crippen LogP contribution in [-0.2, 0) is 9.84 Å². The van der Waals surface area contributed by atoms with E-state index < -0.39 is 9.84 Å². The van der Waals surface area contributed by atoms with Crippen molar-refractivity contribution in [2.24, 2.45) is 5.92 Å². The highest BCUT2D eigenvalue weighted by atomic mass is 35.5. The van der Waals surface area contributed by atoms with Crippen LogP contribution in [0.3, 0.4) is 0 Å². The highest BCUT2D eigenvalue weighted by Crippen LogP contribution is 2.29. The van der Waals surface area contributed by atoms with Crippen LogP contribution in [0.15, 0.2) is 35.4 Å². The van der Waals surface area contributed by atoms with Crippen molar-refractivity contribution >= 4 is 38.9 Å². The lowest BCUT2D eigenvalue weighted by Crippen LogP contribution is -2.11. The molecule has 0 radical (unpaired) electrons. The van der Waals surface area contributed by atoms with E-state index in [2.05, 4.69) is 20.6 Å². The predicted molar refractivity (Wildman–Crippen MR) is 97.8 cm³/mol. The number of hydrogen-bond acceptors (Lipinski definition) is 6. The normalized spacial score (nSPS) is 11.5. The number of rotatable bonds is 7. The second-order valence-corrected chi connectivity index (χ2v) is 8.25. The fourth-order valence-corrected chi connectivity index (χ4v) is 3.92. The molecule has 1 aromatic carbocycles. The van der Waals surface area contributed by atoms with Crippen molar-refractivity contribution in [1.82, 2.24) is 9.97 Å². The van der Waals surface area contributed by atoms with E-state index in [4.69, 9.17) is 11.6 Å². The van der Waals surface area contributed by atoms with Crippen LogP contribution < -0.4 is 10.6 Å². The summed E-state index contributed by atoms with van der Waals surface area (Å²) in [5, 5.41) is 6.13. The largest absolute Gasteiger partial charge is 0.357 e. The topological polar surface area (TPSA) is 84.0 Å². The van der Waals surface area contributed by atoms with E-state index in [9.17, 15) is 8.42 Å². The lowest BCUT2D eigenvalue weighted by Gasteiger charge is -2.14. The number of aromatic nitrogens is 2. The molecule has 2 rings (SSSR count). The lowest BCUT2D eigenvalue weighted by molar-refractivity contribution is 0.574. The van der Waals surface area contributed by atoms with Crippen molar-refractivity contribution in [1.29, 1.82) is 0 Å². The Hall–Kier alpha value is -1.86. The summed E-state index contributed by atoms with van der Waals surface area (Å²) in [4.78, 5) is 8.47. The number of nitrogens with one attached hydrogen (secondary N) is 2. The van der Waals surface area contributed by atoms with Gasteiger partial charge in [0.15, 0.2) is 15.7 Å². The van der Waals surface area contributed by atoms with Crippen LogP contribution in [0.25, 0.3) is 0 Å². The van der Waals surface area contributed by atoms with E-state index in [1.807, 2.05) is 13.8 Å². The third-order valence-corrected chi connectivity index (χ3v) is 5.48. The van der Waals surface area contributed by atoms with Gasteiger partial charge >= 0.3 is 0 Å². The van der Waals surface area contributed by atoms with Gasteiger partial charge in [-0.3, -0.25) is 0 Å². The molecule has 0 aliphatic heterocycles. The molecule has 0 unspecified atom stereocenters. The molecule has 0 spiro atoms. The molecule has 0 fully saturated rings. The van der Waals surface area contributed by atoms with Gasteiger partial charge in [-0.25, -0.2) is 13.4 Å². The number of hydrogen-bond donors (Lipinski definition) is 2. The van der Waals surface area contributed by atoms with Gasteiger partial charge in [0.25, 0.3) is 0 Å². The Bertz CT molecular complexity index is 809. The van der Waals surface area contributed by atoms with Crippen molar-refractivity contribution < 1.29 is 8.42 Å². The number of anilines is 3. The fourth-order valence-electron chi connectivity index (χ4n) is 2.04. The maximum absolute atomic E-state index is 12.6. The van der Waals surface area contributed by atoms with Crippen molar-refractivity contribution in [3.63, 3.8) is 0 Å². The lowest BCUT2D eigenvalue weighted by atomic mass is 10.2. The van der Waals surface area contributed by atoms with E-state index in [0.717, 1.165) is 0 Å². The number of sulfone groups is 1. The van der Waals surface area contributed by atoms with E-state index in [1.54, 1.807) is 31.3 Å². The van der Waals surface area contributed by atoms with Gasteiger partial charge in [0.1, 0.15) is 5.02 Å². The molecule has 8 heteroatoms. The van der Waals surface area contributed by atoms with Gasteiger partial charge in [-0.05, 0) is 24.5 Å². The van der Waals surface area contributed by atoms with Crippen molar-refractivity contribution in [2.45, 2.75) is 25.2 Å². The standard InChI is InChI=1S/C16H21ClN4O2S/c1-11(2)8-9-24(22,23)14-7-5-4-6-13(14)20-15-12(17)10-19-16(18-3)21-15/h4-7,10-11H,8-9H2,1-3H3,(H2,18,19,20,21). The average molecular weight is 369 g/mol. The Morgan fingerprint density at radius 3 is 2.62 bits per heavy atom. The Labute approximate surface area is 147 Å². The van der Waals surface area contributed by atoms with Crippen LogP contribution in [0.2, 0.25) is 5.02 Å². The predicted octanol–water partition coefficient (Wildman–Crippen LogP) is 3.74. The molecule has 24 heavy (non-hydrogen) atoms. The van der Waals surface area contributed by atoms with Crippen LogP contribution in [0, 0.1) is 5.92 Å². The molecular weight excluding hydrogens is 348 g/mol. The van der Waals surface area contributed by atoms with Gasteiger partial charge in [0.2, 0.25) is 5.95 Å². The summed E-state index contributed by atoms with van der Waals surface area (Å²) in [5.74, 6) is 1.15. The zero-order chi connectivity index (χ0) is 17.7. The highest BCUT2D eigenvalue weighted by molar-refractivity contribution is 7.91. The molecule has 2 N–H and O–H groups in total. The minimum atomic E-state index is -3.40. The summed E-state index contributed by atoms with van der Waals surface area (Å²) >= 11 is 6.11. The SMILES string of the molecule is CNc1ncc(Cl)c(Nc2ccccc2S(=O)(=O)CCC(C)C)n1. The molecule has 2 aromatic rings. The molecule has 130 valence electrons. The van der Waals surface area contributed by atoms with E-state index in [0.29, 0.717) is 34.8 Å². The Kier molecular flexibility index (Phi) is 6.01. The van der Waals surface area contributed by atoms with Crippen LogP contribution in [0.1, 0.15) is 20.3 Å². The first kappa shape index (κ1) is 18.5. The molecule has 0 atom stereocenters. The Morgan fingerprint density at radius 2 is 1.96 bits per heavy atom. The molecule has 1 aromatic heterocycles. The minimum Gasteiger partial charge on any atom is -0.357 e. The molecule has 0 bridgehead atoms. The van der Waals surface area contributed by atoms with Gasteiger partial charge in [0.05, 0.1) is 22.5 Å². The first-order chi connectivity index (χ1) is 11.3. The molecule has 6 nitrogen and oxygen atoms in total. The second-order valence-electron chi connectivity index (χ2n) is 5.76. The summed E-state index contributed by atoms with van der Waals surface area (Å²) in [6.07, 6.45) is 2.06. The van der Waals surface area contributed by atoms with Crippen LogP contribution >= 0.6 is 11.6 Å². The molecule has 0 aliphatic carbocycles. The zero-order valence-corrected chi connectivity index (χ0v) is 15.4. The van der Waals surface area contributed by atoms with Crippen molar-refractivity contribution in [3.05, 3.63) is 35.5 Å². The number of para-hydroxylation sites is 1. The van der Waals surface area contributed by atoms with E-state index >= 15 is 0 Å². The van der Waals surface area contributed by atoms with Gasteiger partial charge in [-0.15, -0.1) is 0 Å². The molecule has 0 aliphatic rings. The van der Waals surface area contributed by atoms with Gasteiger partial charge < -0.3 is 10.6 Å². The average Bonchev–Trinajstić information content (AvgIpc) is 2.55. The molecule has 0 saturated heterocycles. The van der Waals surface area contributed by atoms with Crippen LogP contribution in [0.4, 0.5) is 17.5 Å². The van der Waals surface area contributed by atoms with Crippen molar-refractivity contribution in [3.8, 4) is 0 Å². The second kappa shape index (κ2) is 7.81. The fraction of sp³-hybridized carbons (Fsp3) is 0.375. The van der Waals surface area contributed by atoms with Gasteiger partial charge in [0, 0.05) is 7.05 Å². The van der Waals surface area contributed by atoms with Crippen LogP contribution in [-0.4, -0.2) is 31.2 Å². The summed E-state index contributed by atoms with van der Waals surface area (Å²) in [6, 6.07) is 6.75. The van der Waals surface area contributed by atoms with Gasteiger partial charge in [-0.2, -0.15) is 4.98 Å². The number of halogens is 1. The molecule has 0 amide bonds. The molecular formula is C16H21ClN4O2S. The van der Waals surface area contributed by atoms with E-state index in [-0.39, 0.29) is 10.6 Å². The first-order valence-corrected chi connectivity index (χ1v) is 9.65. The maximum atomic E-state index is 12.6. The monoisotopic (exact) mass is 368 g/mol. The molecule has 1 heterocycles. The summed E-state index contributed by atoms with van der Waals surface area (Å²) in [7, 11) is -1.71. The Balaban J connectivity index is 2.36. The third-order valence-electron chi connectivity index (χ3n) is 3.41. The smallest absolute Gasteiger partial charge is 0.224 e. The summed E-state index contributed by atoms with van der Waals surface area (Å²) in [6.45, 7) is 4.00. The molecule has 0 saturated carbocycles. The number of nitrogens with zero attached hydrogens (tertiary/aromatic N) is 2. The Morgan fingerprint density at radius 1 is 1.25 bits per heavy atom. The maximum Gasteiger partial charge on any atom is 0.224 e. The zero-order valence-electron chi connectivity index (χ0n) is 13.9. The highest BCUT2D eigenvalue weighted by Gasteiger charge is 2.19. The number of benzene rings is 1. The summed E-state index contributed by atoms with van der Waals surface area (Å²) < 4.78 is 25.3. The summed E-state index contributed by atoms with van der Waals surface area (Å²) in [5.41, 5.74) is 0.448.